The summed E-state index contributed by atoms with van der Waals surface area (Å²) in [5, 5.41) is 2.88. The van der Waals surface area contributed by atoms with E-state index in [1.54, 1.807) is 6.07 Å². The first-order chi connectivity index (χ1) is 8.16. The lowest BCUT2D eigenvalue weighted by atomic mass is 9.94. The van der Waals surface area contributed by atoms with Gasteiger partial charge in [-0.05, 0) is 37.0 Å². The smallest absolute Gasteiger partial charge is 0.223 e. The highest BCUT2D eigenvalue weighted by Gasteiger charge is 2.21. The molecular weight excluding hydrogens is 285 g/mol. The second-order valence-corrected chi connectivity index (χ2v) is 5.34. The van der Waals surface area contributed by atoms with E-state index in [1.807, 2.05) is 6.07 Å². The number of amides is 1. The van der Waals surface area contributed by atoms with Gasteiger partial charge in [0, 0.05) is 16.9 Å². The summed E-state index contributed by atoms with van der Waals surface area (Å²) in [4.78, 5) is 11.8. The Kier molecular flexibility index (Phi) is 4.15. The van der Waals surface area contributed by atoms with Crippen molar-refractivity contribution in [3.63, 3.8) is 0 Å². The summed E-state index contributed by atoms with van der Waals surface area (Å²) in [7, 11) is 0. The van der Waals surface area contributed by atoms with Crippen molar-refractivity contribution >= 4 is 21.8 Å². The van der Waals surface area contributed by atoms with E-state index >= 15 is 0 Å². The average molecular weight is 300 g/mol. The quantitative estimate of drug-likeness (QED) is 0.893. The van der Waals surface area contributed by atoms with Crippen LogP contribution >= 0.6 is 15.9 Å². The van der Waals surface area contributed by atoms with Gasteiger partial charge < -0.3 is 5.32 Å². The Morgan fingerprint density at radius 3 is 3.00 bits per heavy atom. The topological polar surface area (TPSA) is 29.1 Å². The third kappa shape index (κ3) is 3.28. The summed E-state index contributed by atoms with van der Waals surface area (Å²) in [6, 6.07) is 5.01. The molecule has 1 heterocycles. The Morgan fingerprint density at radius 2 is 2.24 bits per heavy atom. The van der Waals surface area contributed by atoms with Gasteiger partial charge in [0.15, 0.2) is 0 Å². The molecule has 1 N–H and O–H groups in total. The second kappa shape index (κ2) is 5.63. The van der Waals surface area contributed by atoms with E-state index in [0.29, 0.717) is 12.0 Å². The number of nitrogens with one attached hydrogen (secondary N) is 1. The van der Waals surface area contributed by atoms with Crippen LogP contribution in [0.1, 0.15) is 24.8 Å². The number of carbonyl (C=O) groups is 1. The van der Waals surface area contributed by atoms with Crippen molar-refractivity contribution in [3.8, 4) is 0 Å². The lowest BCUT2D eigenvalue weighted by Crippen LogP contribution is -2.30. The molecule has 0 spiro atoms. The molecule has 1 aliphatic heterocycles. The van der Waals surface area contributed by atoms with E-state index in [1.165, 1.54) is 6.07 Å². The number of hydrogen-bond donors (Lipinski definition) is 1. The van der Waals surface area contributed by atoms with Crippen molar-refractivity contribution in [1.82, 2.24) is 5.32 Å². The number of carbonyl (C=O) groups excluding carboxylic acids is 1. The molecule has 17 heavy (non-hydrogen) atoms. The van der Waals surface area contributed by atoms with E-state index in [0.717, 1.165) is 30.3 Å². The Bertz CT molecular complexity index is 422. The standard InChI is InChI=1S/C13H15BrFNO/c14-11-5-4-9(12(15)8-11)7-10-3-1-2-6-16-13(10)17/h4-5,8,10H,1-3,6-7H2,(H,16,17). The molecule has 92 valence electrons. The van der Waals surface area contributed by atoms with Crippen LogP contribution < -0.4 is 5.32 Å². The van der Waals surface area contributed by atoms with Crippen molar-refractivity contribution < 1.29 is 9.18 Å². The van der Waals surface area contributed by atoms with Crippen LogP contribution in [0.15, 0.2) is 22.7 Å². The van der Waals surface area contributed by atoms with Gasteiger partial charge in [0.05, 0.1) is 0 Å². The molecule has 1 unspecified atom stereocenters. The van der Waals surface area contributed by atoms with Crippen LogP contribution in [0, 0.1) is 11.7 Å². The zero-order valence-corrected chi connectivity index (χ0v) is 11.1. The van der Waals surface area contributed by atoms with Gasteiger partial charge in [-0.25, -0.2) is 4.39 Å². The molecular formula is C13H15BrFNO. The van der Waals surface area contributed by atoms with Crippen molar-refractivity contribution in [2.45, 2.75) is 25.7 Å². The SMILES string of the molecule is O=C1NCCCCC1Cc1ccc(Br)cc1F. The molecule has 0 saturated carbocycles. The molecule has 1 amide bonds. The highest BCUT2D eigenvalue weighted by Crippen LogP contribution is 2.22. The summed E-state index contributed by atoms with van der Waals surface area (Å²) >= 11 is 3.23. The fraction of sp³-hybridized carbons (Fsp3) is 0.462. The van der Waals surface area contributed by atoms with Crippen LogP contribution in [0.2, 0.25) is 0 Å². The van der Waals surface area contributed by atoms with Gasteiger partial charge in [0.1, 0.15) is 5.82 Å². The van der Waals surface area contributed by atoms with Crippen LogP contribution in [0.5, 0.6) is 0 Å². The maximum atomic E-state index is 13.7. The number of halogens is 2. The maximum absolute atomic E-state index is 13.7. The number of hydrogen-bond acceptors (Lipinski definition) is 1. The minimum Gasteiger partial charge on any atom is -0.356 e. The molecule has 1 aromatic rings. The van der Waals surface area contributed by atoms with Gasteiger partial charge in [-0.2, -0.15) is 0 Å². The lowest BCUT2D eigenvalue weighted by molar-refractivity contribution is -0.124. The molecule has 0 radical (unpaired) electrons. The third-order valence-corrected chi connectivity index (χ3v) is 3.62. The predicted molar refractivity (Wildman–Crippen MR) is 68.2 cm³/mol. The van der Waals surface area contributed by atoms with Crippen LogP contribution in [0.4, 0.5) is 4.39 Å². The first kappa shape index (κ1) is 12.6. The van der Waals surface area contributed by atoms with Crippen LogP contribution in [-0.4, -0.2) is 12.5 Å². The monoisotopic (exact) mass is 299 g/mol. The molecule has 1 aromatic carbocycles. The lowest BCUT2D eigenvalue weighted by Gasteiger charge is -2.13. The Morgan fingerprint density at radius 1 is 1.41 bits per heavy atom. The summed E-state index contributed by atoms with van der Waals surface area (Å²) in [6.07, 6.45) is 3.39. The molecule has 0 aromatic heterocycles. The first-order valence-corrected chi connectivity index (χ1v) is 6.68. The van der Waals surface area contributed by atoms with Gasteiger partial charge in [0.2, 0.25) is 5.91 Å². The molecule has 0 bridgehead atoms. The van der Waals surface area contributed by atoms with Gasteiger partial charge in [-0.15, -0.1) is 0 Å². The zero-order valence-electron chi connectivity index (χ0n) is 9.51. The summed E-state index contributed by atoms with van der Waals surface area (Å²) in [5.74, 6) is -0.269. The van der Waals surface area contributed by atoms with E-state index in [4.69, 9.17) is 0 Å². The number of rotatable bonds is 2. The molecule has 1 aliphatic rings. The molecule has 4 heteroatoms. The molecule has 2 nitrogen and oxygen atoms in total. The highest BCUT2D eigenvalue weighted by molar-refractivity contribution is 9.10. The first-order valence-electron chi connectivity index (χ1n) is 5.88. The summed E-state index contributed by atoms with van der Waals surface area (Å²) < 4.78 is 14.4. The fourth-order valence-electron chi connectivity index (χ4n) is 2.15. The van der Waals surface area contributed by atoms with Gasteiger partial charge in [-0.3, -0.25) is 4.79 Å². The zero-order chi connectivity index (χ0) is 12.3. The predicted octanol–water partition coefficient (Wildman–Crippen LogP) is 3.05. The van der Waals surface area contributed by atoms with E-state index in [-0.39, 0.29) is 17.6 Å². The normalized spacial score (nSPS) is 20.8. The Hall–Kier alpha value is -0.900. The molecule has 1 fully saturated rings. The Labute approximate surface area is 109 Å². The molecule has 0 aliphatic carbocycles. The van der Waals surface area contributed by atoms with Crippen molar-refractivity contribution in [2.24, 2.45) is 5.92 Å². The minimum atomic E-state index is -0.239. The Balaban J connectivity index is 2.10. The van der Waals surface area contributed by atoms with Crippen LogP contribution in [-0.2, 0) is 11.2 Å². The van der Waals surface area contributed by atoms with Crippen molar-refractivity contribution in [3.05, 3.63) is 34.1 Å². The van der Waals surface area contributed by atoms with Gasteiger partial charge >= 0.3 is 0 Å². The average Bonchev–Trinajstić information content (AvgIpc) is 2.48. The fourth-order valence-corrected chi connectivity index (χ4v) is 2.48. The number of benzene rings is 1. The van der Waals surface area contributed by atoms with Gasteiger partial charge in [-0.1, -0.05) is 28.4 Å². The molecule has 1 atom stereocenters. The van der Waals surface area contributed by atoms with E-state index < -0.39 is 0 Å². The van der Waals surface area contributed by atoms with Crippen LogP contribution in [0.25, 0.3) is 0 Å². The van der Waals surface area contributed by atoms with Crippen molar-refractivity contribution in [2.75, 3.05) is 6.54 Å². The second-order valence-electron chi connectivity index (χ2n) is 4.42. The minimum absolute atomic E-state index is 0.0600. The highest BCUT2D eigenvalue weighted by atomic mass is 79.9. The summed E-state index contributed by atoms with van der Waals surface area (Å²) in [6.45, 7) is 0.748. The van der Waals surface area contributed by atoms with E-state index in [2.05, 4.69) is 21.2 Å². The van der Waals surface area contributed by atoms with E-state index in [9.17, 15) is 9.18 Å². The molecule has 1 saturated heterocycles. The summed E-state index contributed by atoms with van der Waals surface area (Å²) in [5.41, 5.74) is 0.621. The largest absolute Gasteiger partial charge is 0.356 e. The van der Waals surface area contributed by atoms with Crippen molar-refractivity contribution in [1.29, 1.82) is 0 Å². The van der Waals surface area contributed by atoms with Crippen LogP contribution in [0.3, 0.4) is 0 Å². The molecule has 2 rings (SSSR count). The van der Waals surface area contributed by atoms with Gasteiger partial charge in [0.25, 0.3) is 0 Å². The third-order valence-electron chi connectivity index (χ3n) is 3.13. The maximum Gasteiger partial charge on any atom is 0.223 e.